The van der Waals surface area contributed by atoms with Crippen molar-refractivity contribution in [3.05, 3.63) is 94.3 Å². The molecule has 0 aromatic heterocycles. The molecule has 1 atom stereocenters. The highest BCUT2D eigenvalue weighted by Crippen LogP contribution is 2.33. The molecule has 0 bridgehead atoms. The standard InChI is InChI=1S/C24H21F3O/c1-2-16-9-10-18(24(27)23(16)26)8-5-15-3-6-17(7-4-15)19-11-12-20(21(25)13-19)22-14-28-22/h3-4,6-7,9-13,22H,2,5,8,14H2,1H3. The van der Waals surface area contributed by atoms with Crippen molar-refractivity contribution in [2.75, 3.05) is 6.61 Å². The topological polar surface area (TPSA) is 12.5 Å². The molecule has 28 heavy (non-hydrogen) atoms. The highest BCUT2D eigenvalue weighted by atomic mass is 19.2. The molecule has 0 radical (unpaired) electrons. The number of benzene rings is 3. The van der Waals surface area contributed by atoms with Crippen molar-refractivity contribution < 1.29 is 17.9 Å². The first-order valence-corrected chi connectivity index (χ1v) is 9.53. The molecule has 1 nitrogen and oxygen atoms in total. The molecule has 1 heterocycles. The molecule has 1 unspecified atom stereocenters. The highest BCUT2D eigenvalue weighted by molar-refractivity contribution is 5.64. The van der Waals surface area contributed by atoms with Crippen LogP contribution in [0.3, 0.4) is 0 Å². The summed E-state index contributed by atoms with van der Waals surface area (Å²) in [6, 6.07) is 16.2. The van der Waals surface area contributed by atoms with Crippen molar-refractivity contribution in [2.24, 2.45) is 0 Å². The van der Waals surface area contributed by atoms with Gasteiger partial charge in [-0.3, -0.25) is 0 Å². The van der Waals surface area contributed by atoms with Crippen LogP contribution >= 0.6 is 0 Å². The van der Waals surface area contributed by atoms with Crippen molar-refractivity contribution in [3.8, 4) is 11.1 Å². The van der Waals surface area contributed by atoms with E-state index >= 15 is 0 Å². The molecule has 3 aromatic rings. The van der Waals surface area contributed by atoms with Gasteiger partial charge in [0, 0.05) is 5.56 Å². The van der Waals surface area contributed by atoms with Gasteiger partial charge >= 0.3 is 0 Å². The zero-order valence-electron chi connectivity index (χ0n) is 15.6. The lowest BCUT2D eigenvalue weighted by atomic mass is 9.98. The third-order valence-corrected chi connectivity index (χ3v) is 5.27. The first-order chi connectivity index (χ1) is 13.6. The van der Waals surface area contributed by atoms with Gasteiger partial charge in [-0.2, -0.15) is 0 Å². The summed E-state index contributed by atoms with van der Waals surface area (Å²) < 4.78 is 47.4. The van der Waals surface area contributed by atoms with Crippen LogP contribution in [0.25, 0.3) is 11.1 Å². The Kier molecular flexibility index (Phi) is 5.23. The van der Waals surface area contributed by atoms with Crippen LogP contribution in [0.2, 0.25) is 0 Å². The van der Waals surface area contributed by atoms with E-state index in [9.17, 15) is 13.2 Å². The van der Waals surface area contributed by atoms with Crippen molar-refractivity contribution in [1.82, 2.24) is 0 Å². The van der Waals surface area contributed by atoms with Gasteiger partial charge < -0.3 is 4.74 Å². The van der Waals surface area contributed by atoms with Crippen LogP contribution in [-0.4, -0.2) is 6.61 Å². The quantitative estimate of drug-likeness (QED) is 0.463. The molecule has 144 valence electrons. The minimum absolute atomic E-state index is 0.104. The monoisotopic (exact) mass is 382 g/mol. The van der Waals surface area contributed by atoms with Gasteiger partial charge in [0.2, 0.25) is 0 Å². The summed E-state index contributed by atoms with van der Waals surface area (Å²) in [5, 5.41) is 0. The molecular weight excluding hydrogens is 361 g/mol. The van der Waals surface area contributed by atoms with Crippen LogP contribution in [0.5, 0.6) is 0 Å². The number of rotatable bonds is 6. The Morgan fingerprint density at radius 3 is 2.11 bits per heavy atom. The fourth-order valence-electron chi connectivity index (χ4n) is 3.43. The Labute approximate surface area is 162 Å². The maximum atomic E-state index is 14.2. The second-order valence-electron chi connectivity index (χ2n) is 7.12. The highest BCUT2D eigenvalue weighted by Gasteiger charge is 2.27. The van der Waals surface area contributed by atoms with E-state index in [1.165, 1.54) is 6.07 Å². The van der Waals surface area contributed by atoms with E-state index in [1.807, 2.05) is 30.3 Å². The lowest BCUT2D eigenvalue weighted by molar-refractivity contribution is 0.408. The van der Waals surface area contributed by atoms with Crippen molar-refractivity contribution in [1.29, 1.82) is 0 Å². The van der Waals surface area contributed by atoms with Crippen LogP contribution in [0.1, 0.15) is 35.3 Å². The minimum Gasteiger partial charge on any atom is -0.368 e. The van der Waals surface area contributed by atoms with Crippen molar-refractivity contribution >= 4 is 0 Å². The van der Waals surface area contributed by atoms with Gasteiger partial charge in [-0.05, 0) is 53.1 Å². The summed E-state index contributed by atoms with van der Waals surface area (Å²) in [5.41, 5.74) is 4.12. The average Bonchev–Trinajstić information content (AvgIpc) is 3.55. The van der Waals surface area contributed by atoms with Crippen LogP contribution in [0.15, 0.2) is 54.6 Å². The second-order valence-corrected chi connectivity index (χ2v) is 7.12. The van der Waals surface area contributed by atoms with E-state index in [-0.39, 0.29) is 11.9 Å². The number of halogens is 3. The molecule has 4 rings (SSSR count). The van der Waals surface area contributed by atoms with Gasteiger partial charge in [0.05, 0.1) is 6.61 Å². The first kappa shape index (κ1) is 18.8. The van der Waals surface area contributed by atoms with Gasteiger partial charge in [0.15, 0.2) is 11.6 Å². The van der Waals surface area contributed by atoms with E-state index < -0.39 is 11.6 Å². The Bertz CT molecular complexity index is 991. The third kappa shape index (κ3) is 3.83. The molecule has 0 spiro atoms. The number of ether oxygens (including phenoxy) is 1. The summed E-state index contributed by atoms with van der Waals surface area (Å²) in [5.74, 6) is -1.74. The van der Waals surface area contributed by atoms with Gasteiger partial charge in [0.25, 0.3) is 0 Å². The summed E-state index contributed by atoms with van der Waals surface area (Å²) in [6.07, 6.45) is 1.40. The first-order valence-electron chi connectivity index (χ1n) is 9.53. The molecule has 0 saturated carbocycles. The number of epoxide rings is 1. The summed E-state index contributed by atoms with van der Waals surface area (Å²) in [7, 11) is 0. The minimum atomic E-state index is -0.744. The van der Waals surface area contributed by atoms with Crippen LogP contribution in [0, 0.1) is 17.5 Å². The molecular formula is C24H21F3O. The van der Waals surface area contributed by atoms with Gasteiger partial charge in [-0.1, -0.05) is 55.5 Å². The lowest BCUT2D eigenvalue weighted by Gasteiger charge is -2.09. The van der Waals surface area contributed by atoms with Crippen LogP contribution in [0.4, 0.5) is 13.2 Å². The van der Waals surface area contributed by atoms with E-state index in [1.54, 1.807) is 25.1 Å². The third-order valence-electron chi connectivity index (χ3n) is 5.27. The number of hydrogen-bond acceptors (Lipinski definition) is 1. The average molecular weight is 382 g/mol. The maximum absolute atomic E-state index is 14.2. The second kappa shape index (κ2) is 7.80. The van der Waals surface area contributed by atoms with Gasteiger partial charge in [0.1, 0.15) is 11.9 Å². The Balaban J connectivity index is 1.45. The SMILES string of the molecule is CCc1ccc(CCc2ccc(-c3ccc(C4CO4)c(F)c3)cc2)c(F)c1F. The van der Waals surface area contributed by atoms with Crippen LogP contribution < -0.4 is 0 Å². The fourth-order valence-corrected chi connectivity index (χ4v) is 3.43. The Hall–Kier alpha value is -2.59. The van der Waals surface area contributed by atoms with Crippen molar-refractivity contribution in [3.63, 3.8) is 0 Å². The zero-order chi connectivity index (χ0) is 19.7. The normalized spacial score (nSPS) is 15.6. The Morgan fingerprint density at radius 2 is 1.46 bits per heavy atom. The summed E-state index contributed by atoms with van der Waals surface area (Å²) >= 11 is 0. The van der Waals surface area contributed by atoms with E-state index in [0.29, 0.717) is 42.6 Å². The van der Waals surface area contributed by atoms with E-state index in [2.05, 4.69) is 0 Å². The Morgan fingerprint density at radius 1 is 0.821 bits per heavy atom. The predicted molar refractivity (Wildman–Crippen MR) is 104 cm³/mol. The van der Waals surface area contributed by atoms with Crippen molar-refractivity contribution in [2.45, 2.75) is 32.3 Å². The van der Waals surface area contributed by atoms with Gasteiger partial charge in [-0.15, -0.1) is 0 Å². The van der Waals surface area contributed by atoms with E-state index in [0.717, 1.165) is 16.7 Å². The fraction of sp³-hybridized carbons (Fsp3) is 0.250. The molecule has 1 fully saturated rings. The molecule has 1 saturated heterocycles. The molecule has 1 aliphatic rings. The molecule has 0 N–H and O–H groups in total. The predicted octanol–water partition coefficient (Wildman–Crippen LogP) is 6.19. The molecule has 3 aromatic carbocycles. The smallest absolute Gasteiger partial charge is 0.162 e. The number of hydrogen-bond donors (Lipinski definition) is 0. The molecule has 0 amide bonds. The lowest BCUT2D eigenvalue weighted by Crippen LogP contribution is -2.01. The summed E-state index contributed by atoms with van der Waals surface area (Å²) in [6.45, 7) is 2.38. The largest absolute Gasteiger partial charge is 0.368 e. The van der Waals surface area contributed by atoms with E-state index in [4.69, 9.17) is 4.74 Å². The van der Waals surface area contributed by atoms with Crippen LogP contribution in [-0.2, 0) is 24.0 Å². The maximum Gasteiger partial charge on any atom is 0.162 e. The molecule has 1 aliphatic heterocycles. The van der Waals surface area contributed by atoms with Gasteiger partial charge in [-0.25, -0.2) is 13.2 Å². The number of aryl methyl sites for hydroxylation is 3. The molecule has 4 heteroatoms. The summed E-state index contributed by atoms with van der Waals surface area (Å²) in [4.78, 5) is 0. The zero-order valence-corrected chi connectivity index (χ0v) is 15.6. The molecule has 0 aliphatic carbocycles.